The van der Waals surface area contributed by atoms with Gasteiger partial charge in [0, 0.05) is 25.2 Å². The van der Waals surface area contributed by atoms with Gasteiger partial charge >= 0.3 is 0 Å². The molecule has 1 unspecified atom stereocenters. The number of anilines is 1. The highest BCUT2D eigenvalue weighted by molar-refractivity contribution is 6.32. The third-order valence-electron chi connectivity index (χ3n) is 4.33. The summed E-state index contributed by atoms with van der Waals surface area (Å²) in [5.74, 6) is 2.23. The van der Waals surface area contributed by atoms with Crippen LogP contribution in [0.15, 0.2) is 6.20 Å². The Morgan fingerprint density at radius 3 is 2.73 bits per heavy atom. The first-order valence-electron chi connectivity index (χ1n) is 7.81. The molecule has 7 heteroatoms. The Kier molecular flexibility index (Phi) is 4.49. The highest BCUT2D eigenvalue weighted by Crippen LogP contribution is 2.27. The zero-order valence-electron chi connectivity index (χ0n) is 13.2. The molecule has 1 N–H and O–H groups in total. The number of fused-ring (bicyclic) bond motifs is 1. The van der Waals surface area contributed by atoms with E-state index >= 15 is 0 Å². The Balaban J connectivity index is 1.91. The van der Waals surface area contributed by atoms with Gasteiger partial charge in [0.05, 0.1) is 6.20 Å². The fourth-order valence-electron chi connectivity index (χ4n) is 2.56. The van der Waals surface area contributed by atoms with Crippen LogP contribution in [0, 0.1) is 5.92 Å². The molecule has 22 heavy (non-hydrogen) atoms. The first kappa shape index (κ1) is 15.5. The van der Waals surface area contributed by atoms with E-state index < -0.39 is 0 Å². The second-order valence-electron chi connectivity index (χ2n) is 6.20. The summed E-state index contributed by atoms with van der Waals surface area (Å²) in [6, 6.07) is 0.358. The van der Waals surface area contributed by atoms with Crippen molar-refractivity contribution in [2.75, 3.05) is 18.5 Å². The lowest BCUT2D eigenvalue weighted by molar-refractivity contribution is 0.0903. The van der Waals surface area contributed by atoms with Gasteiger partial charge in [0.1, 0.15) is 11.3 Å². The van der Waals surface area contributed by atoms with E-state index in [1.807, 2.05) is 4.52 Å². The number of nitrogens with one attached hydrogen (secondary N) is 1. The lowest BCUT2D eigenvalue weighted by Crippen LogP contribution is -2.29. The first-order valence-corrected chi connectivity index (χ1v) is 8.19. The predicted molar refractivity (Wildman–Crippen MR) is 86.5 cm³/mol. The summed E-state index contributed by atoms with van der Waals surface area (Å²) in [6.45, 7) is 8.05. The molecule has 0 saturated carbocycles. The van der Waals surface area contributed by atoms with Crippen LogP contribution in [0.3, 0.4) is 0 Å². The number of imidazole rings is 1. The highest BCUT2D eigenvalue weighted by atomic mass is 35.5. The van der Waals surface area contributed by atoms with E-state index in [1.165, 1.54) is 0 Å². The SMILES string of the molecule is CC(C)C(C)c1nc(Cl)c2cnc(NC3CCOCC3)nn12. The summed E-state index contributed by atoms with van der Waals surface area (Å²) < 4.78 is 7.20. The van der Waals surface area contributed by atoms with Gasteiger partial charge in [-0.25, -0.2) is 14.5 Å². The van der Waals surface area contributed by atoms with Crippen LogP contribution in [0.5, 0.6) is 0 Å². The Labute approximate surface area is 135 Å². The molecule has 0 aromatic carbocycles. The molecule has 0 amide bonds. The van der Waals surface area contributed by atoms with Crippen LogP contribution >= 0.6 is 11.6 Å². The van der Waals surface area contributed by atoms with Crippen LogP contribution in [0.4, 0.5) is 5.95 Å². The van der Waals surface area contributed by atoms with Gasteiger partial charge in [-0.2, -0.15) is 0 Å². The minimum Gasteiger partial charge on any atom is -0.381 e. The normalized spacial score (nSPS) is 18.0. The third-order valence-corrected chi connectivity index (χ3v) is 4.61. The molecule has 0 radical (unpaired) electrons. The van der Waals surface area contributed by atoms with Crippen molar-refractivity contribution >= 4 is 23.1 Å². The van der Waals surface area contributed by atoms with Gasteiger partial charge in [-0.15, -0.1) is 5.10 Å². The molecular formula is C15H22ClN5O. The molecule has 1 fully saturated rings. The zero-order valence-corrected chi connectivity index (χ0v) is 14.0. The smallest absolute Gasteiger partial charge is 0.241 e. The van der Waals surface area contributed by atoms with E-state index in [1.54, 1.807) is 6.20 Å². The number of hydrogen-bond donors (Lipinski definition) is 1. The van der Waals surface area contributed by atoms with E-state index in [2.05, 4.69) is 41.2 Å². The van der Waals surface area contributed by atoms with Crippen LogP contribution in [0.25, 0.3) is 5.52 Å². The molecule has 0 aliphatic carbocycles. The second kappa shape index (κ2) is 6.38. The van der Waals surface area contributed by atoms with Crippen LogP contribution < -0.4 is 5.32 Å². The van der Waals surface area contributed by atoms with Gasteiger partial charge in [-0.3, -0.25) is 0 Å². The molecule has 2 aromatic heterocycles. The summed E-state index contributed by atoms with van der Waals surface area (Å²) >= 11 is 6.22. The summed E-state index contributed by atoms with van der Waals surface area (Å²) in [5, 5.41) is 8.44. The van der Waals surface area contributed by atoms with Crippen LogP contribution in [-0.4, -0.2) is 38.8 Å². The Hall–Kier alpha value is -1.40. The standard InChI is InChI=1S/C15H22ClN5O/c1-9(2)10(3)14-19-13(16)12-8-17-15(20-21(12)14)18-11-4-6-22-7-5-11/h8-11H,4-7H2,1-3H3,(H,18,20). The molecular weight excluding hydrogens is 302 g/mol. The Bertz CT molecular complexity index is 651. The molecule has 1 atom stereocenters. The summed E-state index contributed by atoms with van der Waals surface area (Å²) in [7, 11) is 0. The predicted octanol–water partition coefficient (Wildman–Crippen LogP) is 3.13. The molecule has 3 heterocycles. The molecule has 1 saturated heterocycles. The van der Waals surface area contributed by atoms with E-state index in [0.717, 1.165) is 37.4 Å². The van der Waals surface area contributed by atoms with Crippen molar-refractivity contribution < 1.29 is 4.74 Å². The van der Waals surface area contributed by atoms with Crippen molar-refractivity contribution in [3.8, 4) is 0 Å². The van der Waals surface area contributed by atoms with Crippen molar-refractivity contribution in [1.29, 1.82) is 0 Å². The van der Waals surface area contributed by atoms with Gasteiger partial charge < -0.3 is 10.1 Å². The van der Waals surface area contributed by atoms with Gasteiger partial charge in [0.15, 0.2) is 5.15 Å². The number of hydrogen-bond acceptors (Lipinski definition) is 5. The fourth-order valence-corrected chi connectivity index (χ4v) is 2.77. The maximum Gasteiger partial charge on any atom is 0.241 e. The van der Waals surface area contributed by atoms with Crippen LogP contribution in [0.2, 0.25) is 5.15 Å². The quantitative estimate of drug-likeness (QED) is 0.936. The maximum atomic E-state index is 6.22. The van der Waals surface area contributed by atoms with E-state index in [0.29, 0.717) is 23.1 Å². The minimum absolute atomic E-state index is 0.269. The molecule has 1 aliphatic heterocycles. The van der Waals surface area contributed by atoms with Crippen molar-refractivity contribution in [2.45, 2.75) is 45.6 Å². The Morgan fingerprint density at radius 1 is 1.32 bits per heavy atom. The summed E-state index contributed by atoms with van der Waals surface area (Å²) in [5.41, 5.74) is 0.752. The van der Waals surface area contributed by atoms with Crippen molar-refractivity contribution in [3.63, 3.8) is 0 Å². The Morgan fingerprint density at radius 2 is 2.05 bits per heavy atom. The van der Waals surface area contributed by atoms with Gasteiger partial charge in [-0.1, -0.05) is 32.4 Å². The van der Waals surface area contributed by atoms with Crippen LogP contribution in [0.1, 0.15) is 45.4 Å². The average molecular weight is 324 g/mol. The van der Waals surface area contributed by atoms with Gasteiger partial charge in [0.25, 0.3) is 0 Å². The van der Waals surface area contributed by atoms with Crippen molar-refractivity contribution in [1.82, 2.24) is 19.6 Å². The molecule has 0 spiro atoms. The lowest BCUT2D eigenvalue weighted by atomic mass is 9.98. The van der Waals surface area contributed by atoms with Crippen molar-refractivity contribution in [2.24, 2.45) is 5.92 Å². The highest BCUT2D eigenvalue weighted by Gasteiger charge is 2.21. The summed E-state index contributed by atoms with van der Waals surface area (Å²) in [4.78, 5) is 8.85. The monoisotopic (exact) mass is 323 g/mol. The largest absolute Gasteiger partial charge is 0.381 e. The lowest BCUT2D eigenvalue weighted by Gasteiger charge is -2.23. The number of ether oxygens (including phenoxy) is 1. The van der Waals surface area contributed by atoms with Crippen LogP contribution in [-0.2, 0) is 4.74 Å². The molecule has 0 bridgehead atoms. The van der Waals surface area contributed by atoms with Crippen molar-refractivity contribution in [3.05, 3.63) is 17.2 Å². The van der Waals surface area contributed by atoms with Gasteiger partial charge in [0.2, 0.25) is 5.95 Å². The maximum absolute atomic E-state index is 6.22. The number of halogens is 1. The third kappa shape index (κ3) is 3.03. The minimum atomic E-state index is 0.269. The number of rotatable bonds is 4. The first-order chi connectivity index (χ1) is 10.6. The average Bonchev–Trinajstić information content (AvgIpc) is 2.84. The fraction of sp³-hybridized carbons (Fsp3) is 0.667. The zero-order chi connectivity index (χ0) is 15.7. The van der Waals surface area contributed by atoms with E-state index in [4.69, 9.17) is 16.3 Å². The van der Waals surface area contributed by atoms with E-state index in [-0.39, 0.29) is 5.92 Å². The molecule has 120 valence electrons. The topological polar surface area (TPSA) is 64.3 Å². The van der Waals surface area contributed by atoms with Gasteiger partial charge in [-0.05, 0) is 18.8 Å². The van der Waals surface area contributed by atoms with E-state index in [9.17, 15) is 0 Å². The number of nitrogens with zero attached hydrogens (tertiary/aromatic N) is 4. The molecule has 6 nitrogen and oxygen atoms in total. The summed E-state index contributed by atoms with van der Waals surface area (Å²) in [6.07, 6.45) is 3.68. The molecule has 3 rings (SSSR count). The second-order valence-corrected chi connectivity index (χ2v) is 6.56. The number of aromatic nitrogens is 4. The molecule has 1 aliphatic rings. The molecule has 2 aromatic rings.